The average Bonchev–Trinajstić information content (AvgIpc) is 2.77. The van der Waals surface area contributed by atoms with E-state index in [0.29, 0.717) is 5.56 Å². The number of unbranched alkanes of at least 4 members (excludes halogenated alkanes) is 1. The van der Waals surface area contributed by atoms with Crippen LogP contribution < -0.4 is 0 Å². The van der Waals surface area contributed by atoms with Crippen LogP contribution in [0.25, 0.3) is 0 Å². The number of hydrogen-bond donors (Lipinski definition) is 0. The van der Waals surface area contributed by atoms with Gasteiger partial charge in [0, 0.05) is 43.9 Å². The van der Waals surface area contributed by atoms with Crippen molar-refractivity contribution < 1.29 is 18.1 Å². The SMILES string of the molecule is CCCCc1ccc(C(=O)N2CCN(S(=O)(=O)c3cccc([N+](=O)[O-])c3)CC2)cc1. The number of amides is 1. The molecular weight excluding hydrogens is 406 g/mol. The molecule has 30 heavy (non-hydrogen) atoms. The molecule has 1 aliphatic heterocycles. The second kappa shape index (κ2) is 9.36. The van der Waals surface area contributed by atoms with Crippen molar-refractivity contribution in [2.75, 3.05) is 26.2 Å². The van der Waals surface area contributed by atoms with E-state index < -0.39 is 14.9 Å². The third-order valence-electron chi connectivity index (χ3n) is 5.21. The molecule has 2 aromatic carbocycles. The number of sulfonamides is 1. The highest BCUT2D eigenvalue weighted by molar-refractivity contribution is 7.89. The standard InChI is InChI=1S/C21H25N3O5S/c1-2-3-5-17-8-10-18(11-9-17)21(25)22-12-14-23(15-13-22)30(28,29)20-7-4-6-19(16-20)24(26)27/h4,6-11,16H,2-3,5,12-15H2,1H3. The smallest absolute Gasteiger partial charge is 0.270 e. The summed E-state index contributed by atoms with van der Waals surface area (Å²) in [4.78, 5) is 24.6. The van der Waals surface area contributed by atoms with E-state index >= 15 is 0 Å². The first-order valence-corrected chi connectivity index (χ1v) is 11.4. The Morgan fingerprint density at radius 3 is 2.33 bits per heavy atom. The lowest BCUT2D eigenvalue weighted by Crippen LogP contribution is -2.50. The van der Waals surface area contributed by atoms with Crippen molar-refractivity contribution in [3.05, 3.63) is 69.8 Å². The molecule has 1 amide bonds. The van der Waals surface area contributed by atoms with Crippen LogP contribution in [-0.4, -0.2) is 54.6 Å². The van der Waals surface area contributed by atoms with E-state index in [1.807, 2.05) is 24.3 Å². The Morgan fingerprint density at radius 2 is 1.73 bits per heavy atom. The highest BCUT2D eigenvalue weighted by Gasteiger charge is 2.31. The largest absolute Gasteiger partial charge is 0.336 e. The quantitative estimate of drug-likeness (QED) is 0.495. The van der Waals surface area contributed by atoms with Crippen LogP contribution in [0.3, 0.4) is 0 Å². The molecule has 0 aliphatic carbocycles. The summed E-state index contributed by atoms with van der Waals surface area (Å²) < 4.78 is 26.9. The first-order valence-electron chi connectivity index (χ1n) is 9.95. The number of benzene rings is 2. The topological polar surface area (TPSA) is 101 Å². The van der Waals surface area contributed by atoms with Crippen LogP contribution in [0, 0.1) is 10.1 Å². The number of nitrogens with zero attached hydrogens (tertiary/aromatic N) is 3. The molecule has 2 aromatic rings. The van der Waals surface area contributed by atoms with Crippen molar-refractivity contribution in [3.63, 3.8) is 0 Å². The van der Waals surface area contributed by atoms with Crippen LogP contribution in [-0.2, 0) is 16.4 Å². The zero-order chi connectivity index (χ0) is 21.7. The molecule has 0 saturated carbocycles. The Kier molecular flexibility index (Phi) is 6.84. The van der Waals surface area contributed by atoms with Crippen LogP contribution in [0.5, 0.6) is 0 Å². The van der Waals surface area contributed by atoms with E-state index in [1.165, 1.54) is 28.1 Å². The van der Waals surface area contributed by atoms with E-state index in [1.54, 1.807) is 4.90 Å². The van der Waals surface area contributed by atoms with Crippen LogP contribution in [0.15, 0.2) is 53.4 Å². The maximum atomic E-state index is 12.8. The van der Waals surface area contributed by atoms with Gasteiger partial charge in [0.25, 0.3) is 11.6 Å². The Labute approximate surface area is 176 Å². The molecule has 1 heterocycles. The van der Waals surface area contributed by atoms with Gasteiger partial charge in [-0.3, -0.25) is 14.9 Å². The molecular formula is C21H25N3O5S. The second-order valence-electron chi connectivity index (χ2n) is 7.25. The van der Waals surface area contributed by atoms with Crippen molar-refractivity contribution in [1.29, 1.82) is 0 Å². The summed E-state index contributed by atoms with van der Waals surface area (Å²) in [6, 6.07) is 12.6. The van der Waals surface area contributed by atoms with E-state index in [4.69, 9.17) is 0 Å². The van der Waals surface area contributed by atoms with Gasteiger partial charge in [0.2, 0.25) is 10.0 Å². The normalized spacial score (nSPS) is 15.2. The van der Waals surface area contributed by atoms with Gasteiger partial charge in [0.1, 0.15) is 0 Å². The number of aryl methyl sites for hydroxylation is 1. The summed E-state index contributed by atoms with van der Waals surface area (Å²) in [5, 5.41) is 10.9. The molecule has 1 fully saturated rings. The van der Waals surface area contributed by atoms with Crippen molar-refractivity contribution >= 4 is 21.6 Å². The lowest BCUT2D eigenvalue weighted by atomic mass is 10.1. The molecule has 0 atom stereocenters. The van der Waals surface area contributed by atoms with Gasteiger partial charge in [0.05, 0.1) is 9.82 Å². The first kappa shape index (κ1) is 21.9. The molecule has 9 heteroatoms. The van der Waals surface area contributed by atoms with Crippen molar-refractivity contribution in [2.24, 2.45) is 0 Å². The number of carbonyl (C=O) groups is 1. The zero-order valence-corrected chi connectivity index (χ0v) is 17.7. The fourth-order valence-electron chi connectivity index (χ4n) is 3.42. The van der Waals surface area contributed by atoms with Gasteiger partial charge in [0.15, 0.2) is 0 Å². The minimum Gasteiger partial charge on any atom is -0.336 e. The molecule has 1 aliphatic rings. The molecule has 0 aromatic heterocycles. The lowest BCUT2D eigenvalue weighted by molar-refractivity contribution is -0.385. The Hall–Kier alpha value is -2.78. The summed E-state index contributed by atoms with van der Waals surface area (Å²) in [6.45, 7) is 2.96. The van der Waals surface area contributed by atoms with Gasteiger partial charge in [-0.15, -0.1) is 0 Å². The number of piperazine rings is 1. The Balaban J connectivity index is 1.64. The number of hydrogen-bond acceptors (Lipinski definition) is 5. The van der Waals surface area contributed by atoms with Gasteiger partial charge in [-0.2, -0.15) is 4.31 Å². The van der Waals surface area contributed by atoms with Crippen LogP contribution in [0.1, 0.15) is 35.7 Å². The minimum absolute atomic E-state index is 0.112. The fraction of sp³-hybridized carbons (Fsp3) is 0.381. The maximum Gasteiger partial charge on any atom is 0.270 e. The third-order valence-corrected chi connectivity index (χ3v) is 7.11. The maximum absolute atomic E-state index is 12.8. The summed E-state index contributed by atoms with van der Waals surface area (Å²) in [5.41, 5.74) is 1.51. The van der Waals surface area contributed by atoms with Crippen LogP contribution >= 0.6 is 0 Å². The highest BCUT2D eigenvalue weighted by atomic mass is 32.2. The van der Waals surface area contributed by atoms with E-state index in [9.17, 15) is 23.3 Å². The van der Waals surface area contributed by atoms with E-state index in [2.05, 4.69) is 6.92 Å². The summed E-state index contributed by atoms with van der Waals surface area (Å²) in [7, 11) is -3.86. The first-order chi connectivity index (χ1) is 14.3. The van der Waals surface area contributed by atoms with E-state index in [-0.39, 0.29) is 42.7 Å². The molecule has 3 rings (SSSR count). The molecule has 0 unspecified atom stereocenters. The molecule has 0 radical (unpaired) electrons. The monoisotopic (exact) mass is 431 g/mol. The molecule has 8 nitrogen and oxygen atoms in total. The predicted molar refractivity (Wildman–Crippen MR) is 113 cm³/mol. The Bertz CT molecular complexity index is 1010. The van der Waals surface area contributed by atoms with Gasteiger partial charge in [-0.05, 0) is 36.6 Å². The molecule has 0 spiro atoms. The number of carbonyl (C=O) groups excluding carboxylic acids is 1. The highest BCUT2D eigenvalue weighted by Crippen LogP contribution is 2.22. The summed E-state index contributed by atoms with van der Waals surface area (Å²) in [6.07, 6.45) is 3.21. The minimum atomic E-state index is -3.86. The number of nitro benzene ring substituents is 1. The number of nitro groups is 1. The summed E-state index contributed by atoms with van der Waals surface area (Å²) >= 11 is 0. The molecule has 0 bridgehead atoms. The van der Waals surface area contributed by atoms with Gasteiger partial charge < -0.3 is 4.90 Å². The second-order valence-corrected chi connectivity index (χ2v) is 9.19. The van der Waals surface area contributed by atoms with Crippen molar-refractivity contribution in [2.45, 2.75) is 31.1 Å². The number of rotatable bonds is 7. The average molecular weight is 432 g/mol. The molecule has 160 valence electrons. The lowest BCUT2D eigenvalue weighted by Gasteiger charge is -2.34. The van der Waals surface area contributed by atoms with Gasteiger partial charge >= 0.3 is 0 Å². The Morgan fingerprint density at radius 1 is 1.07 bits per heavy atom. The fourth-order valence-corrected chi connectivity index (χ4v) is 4.88. The van der Waals surface area contributed by atoms with Gasteiger partial charge in [-0.1, -0.05) is 31.5 Å². The third kappa shape index (κ3) is 4.85. The van der Waals surface area contributed by atoms with Crippen molar-refractivity contribution in [3.8, 4) is 0 Å². The molecule has 1 saturated heterocycles. The molecule has 0 N–H and O–H groups in total. The summed E-state index contributed by atoms with van der Waals surface area (Å²) in [5.74, 6) is -0.121. The zero-order valence-electron chi connectivity index (χ0n) is 16.9. The van der Waals surface area contributed by atoms with Crippen LogP contribution in [0.2, 0.25) is 0 Å². The van der Waals surface area contributed by atoms with E-state index in [0.717, 1.165) is 25.3 Å². The number of non-ortho nitro benzene ring substituents is 1. The van der Waals surface area contributed by atoms with Crippen LogP contribution in [0.4, 0.5) is 5.69 Å². The predicted octanol–water partition coefficient (Wildman–Crippen LogP) is 3.08. The van der Waals surface area contributed by atoms with Crippen molar-refractivity contribution in [1.82, 2.24) is 9.21 Å². The van der Waals surface area contributed by atoms with Gasteiger partial charge in [-0.25, -0.2) is 8.42 Å².